The summed E-state index contributed by atoms with van der Waals surface area (Å²) in [6.07, 6.45) is 0. The zero-order valence-electron chi connectivity index (χ0n) is 17.1. The van der Waals surface area contributed by atoms with Gasteiger partial charge in [0, 0.05) is 36.6 Å². The highest BCUT2D eigenvalue weighted by Crippen LogP contribution is 2.17. The highest BCUT2D eigenvalue weighted by Gasteiger charge is 2.13. The van der Waals surface area contributed by atoms with Gasteiger partial charge < -0.3 is 20.3 Å². The van der Waals surface area contributed by atoms with Crippen molar-refractivity contribution in [1.29, 1.82) is 0 Å². The van der Waals surface area contributed by atoms with Crippen LogP contribution in [0.2, 0.25) is 0 Å². The zero-order valence-corrected chi connectivity index (χ0v) is 17.1. The van der Waals surface area contributed by atoms with Crippen LogP contribution in [0.4, 0.5) is 11.4 Å². The molecular formula is C24H25N3O3. The number of amides is 2. The molecule has 6 nitrogen and oxygen atoms in total. The number of carbonyl (C=O) groups excluding carboxylic acids is 2. The average molecular weight is 403 g/mol. The molecule has 0 spiro atoms. The van der Waals surface area contributed by atoms with Crippen LogP contribution in [-0.2, 0) is 11.3 Å². The van der Waals surface area contributed by atoms with E-state index in [2.05, 4.69) is 10.6 Å². The normalized spacial score (nSPS) is 10.2. The van der Waals surface area contributed by atoms with Crippen molar-refractivity contribution in [2.24, 2.45) is 0 Å². The summed E-state index contributed by atoms with van der Waals surface area (Å²) in [6, 6.07) is 24.1. The molecule has 154 valence electrons. The van der Waals surface area contributed by atoms with Gasteiger partial charge in [0.2, 0.25) is 5.91 Å². The lowest BCUT2D eigenvalue weighted by molar-refractivity contribution is -0.114. The Morgan fingerprint density at radius 1 is 0.900 bits per heavy atom. The van der Waals surface area contributed by atoms with Gasteiger partial charge in [-0.3, -0.25) is 9.59 Å². The largest absolute Gasteiger partial charge is 0.497 e. The number of carbonyl (C=O) groups is 2. The quantitative estimate of drug-likeness (QED) is 0.596. The van der Waals surface area contributed by atoms with E-state index in [1.54, 1.807) is 49.4 Å². The van der Waals surface area contributed by atoms with Crippen LogP contribution in [0.1, 0.15) is 15.9 Å². The van der Waals surface area contributed by atoms with E-state index in [0.29, 0.717) is 29.2 Å². The monoisotopic (exact) mass is 403 g/mol. The van der Waals surface area contributed by atoms with Gasteiger partial charge in [0.25, 0.3) is 5.91 Å². The molecule has 3 aromatic rings. The van der Waals surface area contributed by atoms with Gasteiger partial charge in [-0.15, -0.1) is 0 Å². The Bertz CT molecular complexity index is 1010. The molecule has 0 fully saturated rings. The summed E-state index contributed by atoms with van der Waals surface area (Å²) in [5, 5.41) is 5.88. The number of ether oxygens (including phenoxy) is 1. The maximum Gasteiger partial charge on any atom is 0.253 e. The summed E-state index contributed by atoms with van der Waals surface area (Å²) >= 11 is 0. The second-order valence-corrected chi connectivity index (χ2v) is 6.86. The minimum absolute atomic E-state index is 0.0781. The predicted octanol–water partition coefficient (Wildman–Crippen LogP) is 4.02. The maximum atomic E-state index is 12.7. The SMILES string of the molecule is COc1cccc(NC(=O)CNc2cccc(C(=O)N(C)Cc3ccccc3)c2)c1. The van der Waals surface area contributed by atoms with E-state index in [1.165, 1.54) is 0 Å². The smallest absolute Gasteiger partial charge is 0.253 e. The molecule has 6 heteroatoms. The third-order valence-electron chi connectivity index (χ3n) is 4.53. The van der Waals surface area contributed by atoms with Gasteiger partial charge in [-0.05, 0) is 35.9 Å². The van der Waals surface area contributed by atoms with E-state index in [1.807, 2.05) is 48.5 Å². The number of nitrogens with zero attached hydrogens (tertiary/aromatic N) is 1. The number of methoxy groups -OCH3 is 1. The summed E-state index contributed by atoms with van der Waals surface area (Å²) in [5.41, 5.74) is 2.99. The first-order chi connectivity index (χ1) is 14.5. The molecule has 2 N–H and O–H groups in total. The van der Waals surface area contributed by atoms with Gasteiger partial charge in [0.1, 0.15) is 5.75 Å². The number of benzene rings is 3. The first kappa shape index (κ1) is 20.9. The number of rotatable bonds is 8. The molecule has 2 amide bonds. The van der Waals surface area contributed by atoms with Crippen molar-refractivity contribution < 1.29 is 14.3 Å². The average Bonchev–Trinajstić information content (AvgIpc) is 2.78. The summed E-state index contributed by atoms with van der Waals surface area (Å²) in [5.74, 6) is 0.399. The van der Waals surface area contributed by atoms with Gasteiger partial charge >= 0.3 is 0 Å². The molecule has 0 bridgehead atoms. The second-order valence-electron chi connectivity index (χ2n) is 6.86. The van der Waals surface area contributed by atoms with Crippen LogP contribution < -0.4 is 15.4 Å². The van der Waals surface area contributed by atoms with Gasteiger partial charge in [0.05, 0.1) is 13.7 Å². The van der Waals surface area contributed by atoms with Gasteiger partial charge in [-0.2, -0.15) is 0 Å². The van der Waals surface area contributed by atoms with Gasteiger partial charge in [-0.25, -0.2) is 0 Å². The Hall–Kier alpha value is -3.80. The van der Waals surface area contributed by atoms with Crippen molar-refractivity contribution in [3.63, 3.8) is 0 Å². The Balaban J connectivity index is 1.56. The maximum absolute atomic E-state index is 12.7. The summed E-state index contributed by atoms with van der Waals surface area (Å²) in [4.78, 5) is 26.6. The fraction of sp³-hybridized carbons (Fsp3) is 0.167. The minimum atomic E-state index is -0.193. The van der Waals surface area contributed by atoms with Crippen molar-refractivity contribution in [2.45, 2.75) is 6.54 Å². The van der Waals surface area contributed by atoms with Gasteiger partial charge in [-0.1, -0.05) is 42.5 Å². The Labute approximate surface area is 176 Å². The standard InChI is InChI=1S/C24H25N3O3/c1-27(17-18-8-4-3-5-9-18)24(29)19-10-6-11-20(14-19)25-16-23(28)26-21-12-7-13-22(15-21)30-2/h3-15,25H,16-17H2,1-2H3,(H,26,28). The van der Waals surface area contributed by atoms with E-state index in [-0.39, 0.29) is 18.4 Å². The fourth-order valence-corrected chi connectivity index (χ4v) is 3.00. The molecule has 0 saturated carbocycles. The molecule has 3 rings (SSSR count). The molecule has 0 aliphatic heterocycles. The number of anilines is 2. The topological polar surface area (TPSA) is 70.7 Å². The molecule has 30 heavy (non-hydrogen) atoms. The minimum Gasteiger partial charge on any atom is -0.497 e. The fourth-order valence-electron chi connectivity index (χ4n) is 3.00. The van der Waals surface area contributed by atoms with Crippen LogP contribution in [0.25, 0.3) is 0 Å². The zero-order chi connectivity index (χ0) is 21.3. The first-order valence-electron chi connectivity index (χ1n) is 9.62. The van der Waals surface area contributed by atoms with Crippen molar-refractivity contribution >= 4 is 23.2 Å². The summed E-state index contributed by atoms with van der Waals surface area (Å²) in [6.45, 7) is 0.606. The van der Waals surface area contributed by atoms with Crippen molar-refractivity contribution in [3.8, 4) is 5.75 Å². The number of hydrogen-bond donors (Lipinski definition) is 2. The lowest BCUT2D eigenvalue weighted by Crippen LogP contribution is -2.26. The Morgan fingerprint density at radius 2 is 1.63 bits per heavy atom. The molecule has 0 heterocycles. The lowest BCUT2D eigenvalue weighted by Gasteiger charge is -2.18. The molecule has 0 aliphatic rings. The summed E-state index contributed by atoms with van der Waals surface area (Å²) in [7, 11) is 3.35. The summed E-state index contributed by atoms with van der Waals surface area (Å²) < 4.78 is 5.16. The van der Waals surface area contributed by atoms with E-state index in [4.69, 9.17) is 4.74 Å². The van der Waals surface area contributed by atoms with Crippen LogP contribution in [-0.4, -0.2) is 37.4 Å². The molecule has 0 saturated heterocycles. The van der Waals surface area contributed by atoms with Gasteiger partial charge in [0.15, 0.2) is 0 Å². The van der Waals surface area contributed by atoms with Crippen LogP contribution in [0.15, 0.2) is 78.9 Å². The van der Waals surface area contributed by atoms with E-state index >= 15 is 0 Å². The van der Waals surface area contributed by atoms with Crippen LogP contribution in [0.5, 0.6) is 5.75 Å². The van der Waals surface area contributed by atoms with Crippen LogP contribution in [0, 0.1) is 0 Å². The molecule has 0 radical (unpaired) electrons. The van der Waals surface area contributed by atoms with E-state index in [9.17, 15) is 9.59 Å². The third-order valence-corrected chi connectivity index (χ3v) is 4.53. The third kappa shape index (κ3) is 5.85. The van der Waals surface area contributed by atoms with E-state index in [0.717, 1.165) is 5.56 Å². The highest BCUT2D eigenvalue weighted by atomic mass is 16.5. The Kier molecular flexibility index (Phi) is 7.05. The molecule has 0 atom stereocenters. The molecular weight excluding hydrogens is 378 g/mol. The number of hydrogen-bond acceptors (Lipinski definition) is 4. The molecule has 0 aromatic heterocycles. The Morgan fingerprint density at radius 3 is 2.40 bits per heavy atom. The molecule has 0 aliphatic carbocycles. The highest BCUT2D eigenvalue weighted by molar-refractivity contribution is 5.96. The van der Waals surface area contributed by atoms with Crippen molar-refractivity contribution in [1.82, 2.24) is 4.90 Å². The lowest BCUT2D eigenvalue weighted by atomic mass is 10.1. The second kappa shape index (κ2) is 10.1. The van der Waals surface area contributed by atoms with Crippen LogP contribution in [0.3, 0.4) is 0 Å². The first-order valence-corrected chi connectivity index (χ1v) is 9.62. The van der Waals surface area contributed by atoms with E-state index < -0.39 is 0 Å². The van der Waals surface area contributed by atoms with Crippen molar-refractivity contribution in [2.75, 3.05) is 31.3 Å². The van der Waals surface area contributed by atoms with Crippen LogP contribution >= 0.6 is 0 Å². The number of nitrogens with one attached hydrogen (secondary N) is 2. The predicted molar refractivity (Wildman–Crippen MR) is 119 cm³/mol. The van der Waals surface area contributed by atoms with Crippen molar-refractivity contribution in [3.05, 3.63) is 90.0 Å². The molecule has 3 aromatic carbocycles. The molecule has 0 unspecified atom stereocenters.